The molecule has 0 amide bonds. The molecule has 1 saturated heterocycles. The van der Waals surface area contributed by atoms with E-state index in [1.807, 2.05) is 13.0 Å². The van der Waals surface area contributed by atoms with E-state index in [4.69, 9.17) is 4.74 Å². The molecule has 1 N–H and O–H groups in total. The molecule has 2 heterocycles. The first-order valence-electron chi connectivity index (χ1n) is 8.97. The maximum Gasteiger partial charge on any atom is 0.115 e. The summed E-state index contributed by atoms with van der Waals surface area (Å²) in [6.45, 7) is 5.43. The fraction of sp³-hybridized carbons (Fsp3) is 0.778. The lowest BCUT2D eigenvalue weighted by Gasteiger charge is -2.40. The first kappa shape index (κ1) is 16.8. The second kappa shape index (κ2) is 7.69. The maximum absolute atomic E-state index is 10.7. The fourth-order valence-corrected chi connectivity index (χ4v) is 3.84. The molecule has 128 valence electrons. The normalized spacial score (nSPS) is 25.4. The van der Waals surface area contributed by atoms with Gasteiger partial charge in [-0.25, -0.2) is 9.97 Å². The third-order valence-corrected chi connectivity index (χ3v) is 5.11. The Kier molecular flexibility index (Phi) is 5.62. The number of hydrogen-bond donors (Lipinski definition) is 1. The molecule has 1 atom stereocenters. The van der Waals surface area contributed by atoms with Gasteiger partial charge in [0.2, 0.25) is 0 Å². The van der Waals surface area contributed by atoms with E-state index in [1.165, 1.54) is 6.42 Å². The summed E-state index contributed by atoms with van der Waals surface area (Å²) in [5.41, 5.74) is 1.63. The van der Waals surface area contributed by atoms with Crippen LogP contribution >= 0.6 is 0 Å². The summed E-state index contributed by atoms with van der Waals surface area (Å²) in [6, 6.07) is 2.05. The summed E-state index contributed by atoms with van der Waals surface area (Å²) in [4.78, 5) is 10.9. The second-order valence-corrected chi connectivity index (χ2v) is 7.20. The molecular formula is C18H29N3O2. The summed E-state index contributed by atoms with van der Waals surface area (Å²) < 4.78 is 5.92. The Hall–Kier alpha value is -1.04. The first-order valence-corrected chi connectivity index (χ1v) is 8.97. The van der Waals surface area contributed by atoms with Crippen molar-refractivity contribution in [2.75, 3.05) is 26.2 Å². The van der Waals surface area contributed by atoms with Crippen molar-refractivity contribution in [3.05, 3.63) is 23.8 Å². The molecular weight excluding hydrogens is 290 g/mol. The lowest BCUT2D eigenvalue weighted by Crippen LogP contribution is -2.50. The predicted octanol–water partition coefficient (Wildman–Crippen LogP) is 2.11. The van der Waals surface area contributed by atoms with Crippen molar-refractivity contribution >= 4 is 0 Å². The van der Waals surface area contributed by atoms with Gasteiger partial charge in [0, 0.05) is 31.0 Å². The molecule has 0 radical (unpaired) electrons. The topological polar surface area (TPSA) is 58.5 Å². The average Bonchev–Trinajstić information content (AvgIpc) is 2.54. The molecule has 1 aromatic rings. The maximum atomic E-state index is 10.7. The minimum atomic E-state index is -0.468. The van der Waals surface area contributed by atoms with Gasteiger partial charge in [0.05, 0.1) is 18.3 Å². The third-order valence-electron chi connectivity index (χ3n) is 5.11. The van der Waals surface area contributed by atoms with Gasteiger partial charge in [-0.05, 0) is 38.7 Å². The molecule has 1 aliphatic carbocycles. The zero-order valence-electron chi connectivity index (χ0n) is 14.2. The fourth-order valence-electron chi connectivity index (χ4n) is 3.84. The van der Waals surface area contributed by atoms with E-state index in [0.717, 1.165) is 76.2 Å². The van der Waals surface area contributed by atoms with Crippen molar-refractivity contribution in [1.29, 1.82) is 0 Å². The Balaban J connectivity index is 1.48. The van der Waals surface area contributed by atoms with Crippen LogP contribution in [0.15, 0.2) is 12.4 Å². The van der Waals surface area contributed by atoms with Crippen LogP contribution in [0.1, 0.15) is 49.9 Å². The molecule has 0 bridgehead atoms. The standard InChI is InChI=1S/C18H29N3O2/c1-15-11-16(20-14-19-15)5-6-17-12-21(9-10-23-17)13-18(22)7-3-2-4-8-18/h11,14,17,22H,2-10,12-13H2,1H3. The summed E-state index contributed by atoms with van der Waals surface area (Å²) in [5.74, 6) is 0. The molecule has 1 unspecified atom stereocenters. The van der Waals surface area contributed by atoms with Crippen LogP contribution in [-0.4, -0.2) is 57.9 Å². The predicted molar refractivity (Wildman–Crippen MR) is 89.3 cm³/mol. The van der Waals surface area contributed by atoms with E-state index >= 15 is 0 Å². The highest BCUT2D eigenvalue weighted by molar-refractivity contribution is 5.06. The Bertz CT molecular complexity index is 503. The molecule has 23 heavy (non-hydrogen) atoms. The van der Waals surface area contributed by atoms with Gasteiger partial charge in [-0.2, -0.15) is 0 Å². The summed E-state index contributed by atoms with van der Waals surface area (Å²) >= 11 is 0. The number of ether oxygens (including phenoxy) is 1. The number of β-amino-alcohol motifs (C(OH)–C–C–N with tert-alkyl or cyclic N) is 1. The summed E-state index contributed by atoms with van der Waals surface area (Å²) in [7, 11) is 0. The van der Waals surface area contributed by atoms with Gasteiger partial charge in [0.25, 0.3) is 0 Å². The minimum Gasteiger partial charge on any atom is -0.389 e. The largest absolute Gasteiger partial charge is 0.389 e. The van der Waals surface area contributed by atoms with Crippen LogP contribution in [0.3, 0.4) is 0 Å². The zero-order chi connectivity index (χ0) is 16.1. The molecule has 1 aliphatic heterocycles. The molecule has 0 spiro atoms. The molecule has 0 aromatic carbocycles. The third kappa shape index (κ3) is 4.96. The number of aryl methyl sites for hydroxylation is 2. The van der Waals surface area contributed by atoms with Crippen LogP contribution in [0, 0.1) is 6.92 Å². The van der Waals surface area contributed by atoms with E-state index in [9.17, 15) is 5.11 Å². The molecule has 2 aliphatic rings. The van der Waals surface area contributed by atoms with Crippen LogP contribution < -0.4 is 0 Å². The zero-order valence-corrected chi connectivity index (χ0v) is 14.2. The van der Waals surface area contributed by atoms with Gasteiger partial charge >= 0.3 is 0 Å². The highest BCUT2D eigenvalue weighted by atomic mass is 16.5. The van der Waals surface area contributed by atoms with Gasteiger partial charge in [-0.1, -0.05) is 19.3 Å². The highest BCUT2D eigenvalue weighted by Crippen LogP contribution is 2.29. The lowest BCUT2D eigenvalue weighted by atomic mass is 9.84. The lowest BCUT2D eigenvalue weighted by molar-refractivity contribution is -0.0769. The highest BCUT2D eigenvalue weighted by Gasteiger charge is 2.33. The van der Waals surface area contributed by atoms with E-state index in [-0.39, 0.29) is 6.10 Å². The quantitative estimate of drug-likeness (QED) is 0.901. The van der Waals surface area contributed by atoms with Gasteiger partial charge in [0.1, 0.15) is 6.33 Å². The van der Waals surface area contributed by atoms with Crippen molar-refractivity contribution in [2.45, 2.75) is 63.6 Å². The smallest absolute Gasteiger partial charge is 0.115 e. The number of morpholine rings is 1. The molecule has 2 fully saturated rings. The SMILES string of the molecule is Cc1cc(CCC2CN(CC3(O)CCCCC3)CCO2)ncn1. The monoisotopic (exact) mass is 319 g/mol. The number of aromatic nitrogens is 2. The Morgan fingerprint density at radius 3 is 2.91 bits per heavy atom. The van der Waals surface area contributed by atoms with Gasteiger partial charge < -0.3 is 9.84 Å². The van der Waals surface area contributed by atoms with E-state index in [1.54, 1.807) is 6.33 Å². The molecule has 5 nitrogen and oxygen atoms in total. The van der Waals surface area contributed by atoms with Gasteiger partial charge in [0.15, 0.2) is 0 Å². The van der Waals surface area contributed by atoms with Gasteiger partial charge in [-0.15, -0.1) is 0 Å². The molecule has 3 rings (SSSR count). The number of aliphatic hydroxyl groups is 1. The van der Waals surface area contributed by atoms with Crippen molar-refractivity contribution in [2.24, 2.45) is 0 Å². The van der Waals surface area contributed by atoms with Crippen LogP contribution in [0.5, 0.6) is 0 Å². The van der Waals surface area contributed by atoms with Crippen LogP contribution in [0.2, 0.25) is 0 Å². The van der Waals surface area contributed by atoms with Crippen molar-refractivity contribution in [3.8, 4) is 0 Å². The van der Waals surface area contributed by atoms with E-state index in [0.29, 0.717) is 0 Å². The summed E-state index contributed by atoms with van der Waals surface area (Å²) in [6.07, 6.45) is 9.28. The van der Waals surface area contributed by atoms with Crippen LogP contribution in [-0.2, 0) is 11.2 Å². The van der Waals surface area contributed by atoms with Gasteiger partial charge in [-0.3, -0.25) is 4.90 Å². The van der Waals surface area contributed by atoms with E-state index in [2.05, 4.69) is 14.9 Å². The van der Waals surface area contributed by atoms with Crippen LogP contribution in [0.4, 0.5) is 0 Å². The molecule has 5 heteroatoms. The molecule has 1 aromatic heterocycles. The second-order valence-electron chi connectivity index (χ2n) is 7.20. The number of rotatable bonds is 5. The molecule has 1 saturated carbocycles. The van der Waals surface area contributed by atoms with Crippen molar-refractivity contribution < 1.29 is 9.84 Å². The number of hydrogen-bond acceptors (Lipinski definition) is 5. The number of nitrogens with zero attached hydrogens (tertiary/aromatic N) is 3. The van der Waals surface area contributed by atoms with Crippen LogP contribution in [0.25, 0.3) is 0 Å². The van der Waals surface area contributed by atoms with Crippen molar-refractivity contribution in [3.63, 3.8) is 0 Å². The van der Waals surface area contributed by atoms with Crippen molar-refractivity contribution in [1.82, 2.24) is 14.9 Å². The Labute approximate surface area is 139 Å². The average molecular weight is 319 g/mol. The Morgan fingerprint density at radius 1 is 1.30 bits per heavy atom. The minimum absolute atomic E-state index is 0.242. The summed E-state index contributed by atoms with van der Waals surface area (Å²) in [5, 5.41) is 10.7. The van der Waals surface area contributed by atoms with E-state index < -0.39 is 5.60 Å². The first-order chi connectivity index (χ1) is 11.1. The Morgan fingerprint density at radius 2 is 2.13 bits per heavy atom.